The maximum absolute atomic E-state index is 12.3. The van der Waals surface area contributed by atoms with Gasteiger partial charge in [-0.2, -0.15) is 0 Å². The first-order chi connectivity index (χ1) is 45.2. The van der Waals surface area contributed by atoms with Crippen molar-refractivity contribution >= 4 is 199 Å². The van der Waals surface area contributed by atoms with E-state index in [1.54, 1.807) is 72.4 Å². The van der Waals surface area contributed by atoms with Crippen LogP contribution in [0.1, 0.15) is 89.4 Å². The van der Waals surface area contributed by atoms with Gasteiger partial charge in [-0.05, 0) is 168 Å². The van der Waals surface area contributed by atoms with Crippen molar-refractivity contribution in [3.8, 4) is 23.0 Å². The van der Waals surface area contributed by atoms with Crippen LogP contribution in [0.25, 0.3) is 40.3 Å². The first kappa shape index (κ1) is 69.6. The highest BCUT2D eigenvalue weighted by Gasteiger charge is 2.31. The molecule has 9 amide bonds. The van der Waals surface area contributed by atoms with Gasteiger partial charge in [0.15, 0.2) is 0 Å². The molecule has 0 spiro atoms. The predicted octanol–water partition coefficient (Wildman–Crippen LogP) is 15.1. The summed E-state index contributed by atoms with van der Waals surface area (Å²) in [5.41, 5.74) is 26.1. The lowest BCUT2D eigenvalue weighted by atomic mass is 10.0. The number of rotatable bonds is 16. The summed E-state index contributed by atoms with van der Waals surface area (Å²) in [6.45, 7) is 4.19. The van der Waals surface area contributed by atoms with Gasteiger partial charge in [-0.3, -0.25) is 39.4 Å². The fraction of sp³-hybridized carbons (Fsp3) is 0.134. The number of thiophene rings is 4. The van der Waals surface area contributed by atoms with Crippen molar-refractivity contribution in [1.82, 2.24) is 0 Å². The van der Waals surface area contributed by atoms with Crippen LogP contribution in [0.4, 0.5) is 36.7 Å². The van der Waals surface area contributed by atoms with E-state index < -0.39 is 35.7 Å². The third-order valence-electron chi connectivity index (χ3n) is 14.3. The zero-order valence-corrected chi connectivity index (χ0v) is 56.8. The number of nitrogens with one attached hydrogen (secondary N) is 5. The number of hydrogen-bond donors (Lipinski definition) is 13. The number of thioether (sulfide) groups is 1. The molecule has 0 unspecified atom stereocenters. The Hall–Kier alpha value is -9.74. The number of benzene rings is 7. The van der Waals surface area contributed by atoms with Gasteiger partial charge in [0.05, 0.1) is 33.1 Å². The highest BCUT2D eigenvalue weighted by Crippen LogP contribution is 2.42. The third-order valence-corrected chi connectivity index (χ3v) is 20.4. The molecule has 1 saturated carbocycles. The lowest BCUT2D eigenvalue weighted by Gasteiger charge is -2.09. The molecular formula is C67H59BrClN9O12S5. The summed E-state index contributed by atoms with van der Waals surface area (Å²) in [5, 5.41) is 55.6. The van der Waals surface area contributed by atoms with Gasteiger partial charge in [0.1, 0.15) is 38.8 Å². The number of halogens is 2. The summed E-state index contributed by atoms with van der Waals surface area (Å²) < 4.78 is 3.29. The SMILES string of the molecule is CC(C)c1ccc(NC(=O)Nc2sc3cc(O)ccc3c2C(N)=O)cc1.CSc1ccc(NC(=O)Cc2sc3cc(O)ccc3c2C(N)=O)cc1.NC(=O)c1c(CC(=O)C2CC2)sc2cc(O)c(Br)cc12.NC(=O)c1c(NC(=O)Nc2cccc(Cl)c2)sc2cc(O)ccc12. The van der Waals surface area contributed by atoms with Crippen LogP contribution in [-0.2, 0) is 22.4 Å². The van der Waals surface area contributed by atoms with Crippen molar-refractivity contribution in [3.63, 3.8) is 0 Å². The Morgan fingerprint density at radius 3 is 1.43 bits per heavy atom. The molecule has 1 aliphatic rings. The number of hydrogen-bond acceptors (Lipinski definition) is 17. The van der Waals surface area contributed by atoms with Crippen LogP contribution in [0.5, 0.6) is 23.0 Å². The van der Waals surface area contributed by atoms with E-state index in [0.29, 0.717) is 94.3 Å². The first-order valence-electron chi connectivity index (χ1n) is 28.6. The molecule has 28 heteroatoms. The van der Waals surface area contributed by atoms with Crippen LogP contribution in [0.2, 0.25) is 5.02 Å². The van der Waals surface area contributed by atoms with E-state index in [1.165, 1.54) is 69.9 Å². The highest BCUT2D eigenvalue weighted by atomic mass is 79.9. The maximum Gasteiger partial charge on any atom is 0.324 e. The van der Waals surface area contributed by atoms with Gasteiger partial charge in [0.2, 0.25) is 17.7 Å². The van der Waals surface area contributed by atoms with E-state index in [0.717, 1.165) is 38.5 Å². The second-order valence-corrected chi connectivity index (χ2v) is 28.1. The highest BCUT2D eigenvalue weighted by molar-refractivity contribution is 9.10. The Kier molecular flexibility index (Phi) is 22.4. The average Bonchev–Trinajstić information content (AvgIpc) is 1.67. The molecule has 7 aromatic carbocycles. The molecule has 1 aliphatic carbocycles. The quantitative estimate of drug-likeness (QED) is 0.0401. The van der Waals surface area contributed by atoms with Gasteiger partial charge < -0.3 is 59.3 Å². The van der Waals surface area contributed by atoms with Crippen LogP contribution in [0, 0.1) is 5.92 Å². The molecule has 0 atom stereocenters. The summed E-state index contributed by atoms with van der Waals surface area (Å²) in [6, 6.07) is 37.9. The maximum atomic E-state index is 12.3. The fourth-order valence-corrected chi connectivity index (χ4v) is 15.4. The molecule has 1 fully saturated rings. The topological polar surface area (TPSA) is 382 Å². The lowest BCUT2D eigenvalue weighted by Crippen LogP contribution is -2.21. The van der Waals surface area contributed by atoms with Gasteiger partial charge in [0, 0.05) is 89.4 Å². The van der Waals surface area contributed by atoms with Crippen LogP contribution in [-0.4, -0.2) is 74.1 Å². The monoisotopic (exact) mass is 1460 g/mol. The van der Waals surface area contributed by atoms with Crippen LogP contribution in [0.3, 0.4) is 0 Å². The Balaban J connectivity index is 0.000000149. The number of ketones is 1. The molecule has 95 heavy (non-hydrogen) atoms. The molecule has 0 radical (unpaired) electrons. The number of amides is 9. The number of anilines is 5. The number of carbonyl (C=O) groups is 8. The van der Waals surface area contributed by atoms with Crippen molar-refractivity contribution in [3.05, 3.63) is 187 Å². The Labute approximate surface area is 575 Å². The number of aromatic hydroxyl groups is 4. The number of phenols is 4. The van der Waals surface area contributed by atoms with E-state index in [1.807, 2.05) is 54.8 Å². The molecule has 21 nitrogen and oxygen atoms in total. The van der Waals surface area contributed by atoms with Crippen LogP contribution >= 0.6 is 84.6 Å². The molecule has 488 valence electrons. The lowest BCUT2D eigenvalue weighted by molar-refractivity contribution is -0.119. The van der Waals surface area contributed by atoms with Crippen LogP contribution in [0.15, 0.2) is 149 Å². The van der Waals surface area contributed by atoms with Crippen molar-refractivity contribution in [2.24, 2.45) is 28.9 Å². The Bertz CT molecular complexity index is 4820. The standard InChI is InChI=1S/C19H19N3O3S.C18H16N2O3S2.C16H12ClN3O3S.C14H12BrNO3S/c1-10(2)11-3-5-12(6-4-11)21-19(25)22-18-16(17(20)24)14-8-7-13(23)9-15(14)26-18;1-24-12-5-2-10(3-6-12)20-16(22)9-15-17(18(19)23)13-7-4-11(21)8-14(13)25-15;17-8-2-1-3-9(6-8)19-16(23)20-15-13(14(18)22)11-5-4-10(21)7-12(11)24-15;15-8-3-7-11(5-10(8)18)20-12(13(7)14(16)19)4-9(17)6-1-2-6/h3-10,23H,1-2H3,(H2,20,24)(H2,21,22,25);2-8,21H,9H2,1H3,(H2,19,23)(H,20,22);1-7,21H,(H2,18,22)(H2,19,20,23);3,5-6,18H,1-2,4H2,(H2,16,19). The molecule has 4 aromatic heterocycles. The smallest absolute Gasteiger partial charge is 0.324 e. The van der Waals surface area contributed by atoms with E-state index in [9.17, 15) is 58.8 Å². The van der Waals surface area contributed by atoms with Gasteiger partial charge in [-0.15, -0.1) is 57.1 Å². The van der Waals surface area contributed by atoms with Gasteiger partial charge in [0.25, 0.3) is 11.8 Å². The number of Topliss-reactive ketones (excluding diaryl/α,β-unsaturated/α-hetero) is 1. The molecule has 4 heterocycles. The summed E-state index contributed by atoms with van der Waals surface area (Å²) >= 11 is 15.7. The first-order valence-corrected chi connectivity index (χ1v) is 34.3. The molecule has 11 aromatic rings. The zero-order valence-electron chi connectivity index (χ0n) is 50.4. The van der Waals surface area contributed by atoms with E-state index >= 15 is 0 Å². The fourth-order valence-electron chi connectivity index (χ4n) is 9.70. The average molecular weight is 1460 g/mol. The minimum Gasteiger partial charge on any atom is -0.508 e. The zero-order chi connectivity index (χ0) is 68.5. The summed E-state index contributed by atoms with van der Waals surface area (Å²) in [7, 11) is 0. The number of urea groups is 2. The molecule has 17 N–H and O–H groups in total. The summed E-state index contributed by atoms with van der Waals surface area (Å²) in [5.74, 6) is -1.56. The Morgan fingerprint density at radius 1 is 0.516 bits per heavy atom. The van der Waals surface area contributed by atoms with Gasteiger partial charge >= 0.3 is 12.1 Å². The molecule has 0 bridgehead atoms. The number of phenolic OH excluding ortho intramolecular Hbond substituents is 4. The van der Waals surface area contributed by atoms with E-state index in [2.05, 4.69) is 56.4 Å². The van der Waals surface area contributed by atoms with Crippen molar-refractivity contribution in [1.29, 1.82) is 0 Å². The summed E-state index contributed by atoms with van der Waals surface area (Å²) in [6.07, 6.45) is 4.17. The van der Waals surface area contributed by atoms with Gasteiger partial charge in [-0.25, -0.2) is 9.59 Å². The Morgan fingerprint density at radius 2 is 0.958 bits per heavy atom. The van der Waals surface area contributed by atoms with E-state index in [-0.39, 0.29) is 64.6 Å². The molecule has 0 saturated heterocycles. The number of primary amides is 4. The largest absolute Gasteiger partial charge is 0.508 e. The third kappa shape index (κ3) is 17.5. The van der Waals surface area contributed by atoms with Gasteiger partial charge in [-0.1, -0.05) is 43.6 Å². The normalized spacial score (nSPS) is 11.6. The second kappa shape index (κ2) is 30.6. The minimum atomic E-state index is -0.662. The molecular weight excluding hydrogens is 1400 g/mol. The molecule has 12 rings (SSSR count). The van der Waals surface area contributed by atoms with Crippen LogP contribution < -0.4 is 49.5 Å². The van der Waals surface area contributed by atoms with Crippen molar-refractivity contribution < 1.29 is 58.8 Å². The number of carbonyl (C=O) groups excluding carboxylic acids is 8. The van der Waals surface area contributed by atoms with E-state index in [4.69, 9.17) is 34.5 Å². The predicted molar refractivity (Wildman–Crippen MR) is 385 cm³/mol. The van der Waals surface area contributed by atoms with Crippen molar-refractivity contribution in [2.45, 2.75) is 50.3 Å². The second-order valence-electron chi connectivity index (χ2n) is 21.5. The minimum absolute atomic E-state index is 0.0443. The van der Waals surface area contributed by atoms with Crippen molar-refractivity contribution in [2.75, 3.05) is 32.8 Å². The number of fused-ring (bicyclic) bond motifs is 4. The summed E-state index contributed by atoms with van der Waals surface area (Å²) in [4.78, 5) is 98.2. The molecule has 0 aliphatic heterocycles. The number of nitrogens with two attached hydrogens (primary N) is 4.